The number of imide groups is 1. The summed E-state index contributed by atoms with van der Waals surface area (Å²) in [5.41, 5.74) is 6.13. The van der Waals surface area contributed by atoms with Gasteiger partial charge in [0, 0.05) is 0 Å². The maximum Gasteiger partial charge on any atom is 0.335 e. The predicted molar refractivity (Wildman–Crippen MR) is 72.8 cm³/mol. The van der Waals surface area contributed by atoms with E-state index in [4.69, 9.17) is 10.8 Å². The molecule has 0 aliphatic carbocycles. The first-order chi connectivity index (χ1) is 10.4. The quantitative estimate of drug-likeness (QED) is 0.555. The molecule has 112 valence electrons. The number of amides is 2. The van der Waals surface area contributed by atoms with Crippen LogP contribution in [0.1, 0.15) is 26.4 Å². The molecule has 0 bridgehead atoms. The lowest BCUT2D eigenvalue weighted by atomic mass is 10.1. The Hall–Kier alpha value is -3.36. The van der Waals surface area contributed by atoms with Gasteiger partial charge in [0.25, 0.3) is 5.91 Å². The number of phenols is 1. The van der Waals surface area contributed by atoms with E-state index < -0.39 is 17.8 Å². The third-order valence-corrected chi connectivity index (χ3v) is 3.25. The van der Waals surface area contributed by atoms with E-state index in [-0.39, 0.29) is 40.5 Å². The van der Waals surface area contributed by atoms with E-state index in [0.29, 0.717) is 0 Å². The Kier molecular flexibility index (Phi) is 2.84. The summed E-state index contributed by atoms with van der Waals surface area (Å²) >= 11 is 0. The van der Waals surface area contributed by atoms with Crippen LogP contribution in [0.4, 0.5) is 5.82 Å². The molecule has 1 aromatic carbocycles. The van der Waals surface area contributed by atoms with Crippen molar-refractivity contribution in [1.82, 2.24) is 15.1 Å². The first-order valence-corrected chi connectivity index (χ1v) is 6.16. The van der Waals surface area contributed by atoms with Crippen molar-refractivity contribution in [2.24, 2.45) is 0 Å². The van der Waals surface area contributed by atoms with Gasteiger partial charge in [-0.2, -0.15) is 5.10 Å². The van der Waals surface area contributed by atoms with Crippen LogP contribution in [0.25, 0.3) is 5.69 Å². The van der Waals surface area contributed by atoms with Crippen molar-refractivity contribution in [1.29, 1.82) is 0 Å². The van der Waals surface area contributed by atoms with Crippen LogP contribution >= 0.6 is 0 Å². The summed E-state index contributed by atoms with van der Waals surface area (Å²) in [5, 5.41) is 25.0. The van der Waals surface area contributed by atoms with E-state index >= 15 is 0 Å². The molecule has 0 unspecified atom stereocenters. The minimum atomic E-state index is -1.19. The first-order valence-electron chi connectivity index (χ1n) is 6.16. The fourth-order valence-corrected chi connectivity index (χ4v) is 2.25. The highest BCUT2D eigenvalue weighted by atomic mass is 16.4. The Morgan fingerprint density at radius 2 is 2.09 bits per heavy atom. The lowest BCUT2D eigenvalue weighted by Gasteiger charge is -2.09. The van der Waals surface area contributed by atoms with E-state index in [1.807, 2.05) is 0 Å². The second-order valence-electron chi connectivity index (χ2n) is 4.68. The number of carbonyl (C=O) groups excluding carboxylic acids is 2. The highest BCUT2D eigenvalue weighted by molar-refractivity contribution is 6.12. The van der Waals surface area contributed by atoms with E-state index in [0.717, 1.165) is 10.7 Å². The Labute approximate surface area is 123 Å². The first kappa shape index (κ1) is 13.6. The molecule has 0 fully saturated rings. The number of hydrogen-bond acceptors (Lipinski definition) is 6. The van der Waals surface area contributed by atoms with Crippen LogP contribution in [0.5, 0.6) is 5.75 Å². The topological polar surface area (TPSA) is 148 Å². The van der Waals surface area contributed by atoms with Crippen molar-refractivity contribution in [3.8, 4) is 11.4 Å². The highest BCUT2D eigenvalue weighted by Gasteiger charge is 2.30. The summed E-state index contributed by atoms with van der Waals surface area (Å²) in [4.78, 5) is 34.0. The molecular weight excluding hydrogens is 292 g/mol. The van der Waals surface area contributed by atoms with Crippen molar-refractivity contribution in [2.45, 2.75) is 6.42 Å². The smallest absolute Gasteiger partial charge is 0.335 e. The molecule has 0 atom stereocenters. The van der Waals surface area contributed by atoms with Crippen LogP contribution in [0.3, 0.4) is 0 Å². The predicted octanol–water partition coefficient (Wildman–Crippen LogP) is -0.329. The van der Waals surface area contributed by atoms with Crippen LogP contribution in [0.2, 0.25) is 0 Å². The molecule has 9 nitrogen and oxygen atoms in total. The van der Waals surface area contributed by atoms with Gasteiger partial charge in [-0.3, -0.25) is 14.9 Å². The van der Waals surface area contributed by atoms with Gasteiger partial charge in [0.2, 0.25) is 5.91 Å². The normalized spacial score (nSPS) is 13.6. The van der Waals surface area contributed by atoms with Gasteiger partial charge in [0.1, 0.15) is 22.8 Å². The fraction of sp³-hybridized carbons (Fsp3) is 0.0769. The second kappa shape index (κ2) is 4.58. The summed E-state index contributed by atoms with van der Waals surface area (Å²) in [6.45, 7) is 0. The van der Waals surface area contributed by atoms with E-state index in [1.165, 1.54) is 12.1 Å². The lowest BCUT2D eigenvalue weighted by Crippen LogP contribution is -2.37. The molecule has 3 rings (SSSR count). The molecule has 22 heavy (non-hydrogen) atoms. The average Bonchev–Trinajstić information content (AvgIpc) is 2.75. The van der Waals surface area contributed by atoms with Crippen molar-refractivity contribution in [3.63, 3.8) is 0 Å². The van der Waals surface area contributed by atoms with Gasteiger partial charge in [-0.1, -0.05) is 0 Å². The van der Waals surface area contributed by atoms with Crippen LogP contribution in [0, 0.1) is 0 Å². The molecule has 1 aromatic heterocycles. The number of carbonyl (C=O) groups is 3. The molecule has 0 saturated carbocycles. The van der Waals surface area contributed by atoms with Crippen molar-refractivity contribution in [2.75, 3.05) is 5.73 Å². The number of fused-ring (bicyclic) bond motifs is 1. The van der Waals surface area contributed by atoms with Crippen molar-refractivity contribution >= 4 is 23.6 Å². The molecular formula is C13H10N4O5. The number of anilines is 1. The van der Waals surface area contributed by atoms with Gasteiger partial charge in [-0.15, -0.1) is 0 Å². The van der Waals surface area contributed by atoms with Gasteiger partial charge < -0.3 is 15.9 Å². The molecule has 9 heteroatoms. The van der Waals surface area contributed by atoms with Crippen LogP contribution in [0.15, 0.2) is 18.2 Å². The number of nitrogen functional groups attached to an aromatic ring is 1. The van der Waals surface area contributed by atoms with Gasteiger partial charge in [-0.25, -0.2) is 9.48 Å². The molecule has 1 aliphatic heterocycles. The van der Waals surface area contributed by atoms with Crippen molar-refractivity contribution < 1.29 is 24.6 Å². The Balaban J connectivity index is 2.14. The summed E-state index contributed by atoms with van der Waals surface area (Å²) in [6, 6.07) is 3.62. The summed E-state index contributed by atoms with van der Waals surface area (Å²) in [5.74, 6) is -2.75. The fourth-order valence-electron chi connectivity index (χ4n) is 2.25. The van der Waals surface area contributed by atoms with E-state index in [1.54, 1.807) is 0 Å². The number of aromatic hydroxyl groups is 1. The third kappa shape index (κ3) is 1.95. The van der Waals surface area contributed by atoms with Crippen LogP contribution in [-0.4, -0.2) is 37.8 Å². The van der Waals surface area contributed by atoms with E-state index in [2.05, 4.69) is 10.4 Å². The number of carboxylic acid groups (broad SMARTS) is 1. The molecule has 1 aliphatic rings. The van der Waals surface area contributed by atoms with Crippen LogP contribution in [-0.2, 0) is 11.2 Å². The zero-order chi connectivity index (χ0) is 16.0. The number of hydrogen-bond donors (Lipinski definition) is 4. The maximum absolute atomic E-state index is 11.8. The number of carboxylic acids is 1. The molecule has 0 radical (unpaired) electrons. The lowest BCUT2D eigenvalue weighted by molar-refractivity contribution is -0.119. The van der Waals surface area contributed by atoms with Gasteiger partial charge in [-0.05, 0) is 18.2 Å². The van der Waals surface area contributed by atoms with Gasteiger partial charge >= 0.3 is 5.97 Å². The van der Waals surface area contributed by atoms with Crippen molar-refractivity contribution in [3.05, 3.63) is 35.0 Å². The average molecular weight is 302 g/mol. The minimum Gasteiger partial charge on any atom is -0.506 e. The number of benzene rings is 1. The zero-order valence-electron chi connectivity index (χ0n) is 11.0. The molecule has 2 heterocycles. The third-order valence-electron chi connectivity index (χ3n) is 3.25. The number of nitrogens with zero attached hydrogens (tertiary/aromatic N) is 2. The van der Waals surface area contributed by atoms with E-state index in [9.17, 15) is 19.5 Å². The number of aromatic carboxylic acids is 1. The number of rotatable bonds is 2. The number of aromatic nitrogens is 2. The van der Waals surface area contributed by atoms with Crippen LogP contribution < -0.4 is 11.1 Å². The summed E-state index contributed by atoms with van der Waals surface area (Å²) in [6.07, 6.45) is -0.105. The maximum atomic E-state index is 11.8. The van der Waals surface area contributed by atoms with Gasteiger partial charge in [0.05, 0.1) is 17.7 Å². The molecule has 5 N–H and O–H groups in total. The minimum absolute atomic E-state index is 0.0432. The SMILES string of the molecule is Nc1c2c(nn1-c1ccc(C(=O)O)cc1O)CC(=O)NC2=O. The Bertz CT molecular complexity index is 839. The highest BCUT2D eigenvalue weighted by Crippen LogP contribution is 2.29. The number of nitrogens with two attached hydrogens (primary N) is 1. The Morgan fingerprint density at radius 3 is 2.73 bits per heavy atom. The number of nitrogens with one attached hydrogen (secondary N) is 1. The molecule has 0 spiro atoms. The summed E-state index contributed by atoms with van der Waals surface area (Å²) < 4.78 is 1.10. The monoisotopic (exact) mass is 302 g/mol. The largest absolute Gasteiger partial charge is 0.506 e. The molecule has 2 aromatic rings. The summed E-state index contributed by atoms with van der Waals surface area (Å²) in [7, 11) is 0. The van der Waals surface area contributed by atoms with Gasteiger partial charge in [0.15, 0.2) is 0 Å². The molecule has 0 saturated heterocycles. The number of phenolic OH excluding ortho intramolecular Hbond substituents is 1. The Morgan fingerprint density at radius 1 is 1.36 bits per heavy atom. The second-order valence-corrected chi connectivity index (χ2v) is 4.68. The molecule has 2 amide bonds. The zero-order valence-corrected chi connectivity index (χ0v) is 11.0. The standard InChI is InChI=1S/C13H10N4O5/c14-11-10-6(4-9(19)15-12(10)20)16-17(11)7-2-1-5(13(21)22)3-8(7)18/h1-3,18H,4,14H2,(H,21,22)(H,15,19,20).